The molecule has 3 aliphatic rings. The Morgan fingerprint density at radius 2 is 1.83 bits per heavy atom. The van der Waals surface area contributed by atoms with Gasteiger partial charge in [-0.3, -0.25) is 19.2 Å². The highest BCUT2D eigenvalue weighted by Crippen LogP contribution is 2.35. The Morgan fingerprint density at radius 3 is 2.34 bits per heavy atom. The number of hydrogen-bond donors (Lipinski definition) is 5. The first-order valence-corrected chi connectivity index (χ1v) is 12.2. The van der Waals surface area contributed by atoms with Crippen LogP contribution in [0.4, 0.5) is 0 Å². The van der Waals surface area contributed by atoms with Crippen molar-refractivity contribution in [2.45, 2.75) is 55.6 Å². The van der Waals surface area contributed by atoms with Gasteiger partial charge in [-0.05, 0) is 19.2 Å². The van der Waals surface area contributed by atoms with Crippen molar-refractivity contribution in [1.82, 2.24) is 4.31 Å². The summed E-state index contributed by atoms with van der Waals surface area (Å²) in [6.07, 6.45) is 0.309. The molecule has 17 heteroatoms. The summed E-state index contributed by atoms with van der Waals surface area (Å²) in [7, 11) is -5.41. The van der Waals surface area contributed by atoms with Crippen LogP contribution in [0.5, 0.6) is 0 Å². The van der Waals surface area contributed by atoms with E-state index in [2.05, 4.69) is 4.40 Å². The van der Waals surface area contributed by atoms with Crippen molar-refractivity contribution in [1.29, 1.82) is 0 Å². The molecule has 15 nitrogen and oxygen atoms in total. The van der Waals surface area contributed by atoms with Gasteiger partial charge in [0.2, 0.25) is 0 Å². The van der Waals surface area contributed by atoms with E-state index >= 15 is 0 Å². The topological polar surface area (TPSA) is 249 Å². The highest BCUT2D eigenvalue weighted by Gasteiger charge is 2.56. The summed E-state index contributed by atoms with van der Waals surface area (Å²) in [6.45, 7) is -0.689. The maximum absolute atomic E-state index is 12.6. The largest absolute Gasteiger partial charge is 0.528 e. The van der Waals surface area contributed by atoms with Crippen LogP contribution in [0, 0.1) is 11.8 Å². The number of carboxylic acids is 3. The van der Waals surface area contributed by atoms with Gasteiger partial charge < -0.3 is 36.1 Å². The Hall–Kier alpha value is -2.60. The van der Waals surface area contributed by atoms with Crippen molar-refractivity contribution in [2.24, 2.45) is 27.7 Å². The molecule has 7 N–H and O–H groups in total. The summed E-state index contributed by atoms with van der Waals surface area (Å²) in [5, 5.41) is 27.7. The highest BCUT2D eigenvalue weighted by atomic mass is 32.2. The standard InChI is InChI=1S/C18H27BN4O11S/c20-12-4-10(12)7-22-35(31,32)23-8-11(18(21,9-23)15(28)29)2-1-3-19-33-16(30)17(34-19,5-13(24)25)6-14(26)27/h7,10-12H,1-6,8-9,20-21H2,(H,24,25)(H,26,27)(H,28,29)/t10?,11-,12?,18-/m0/s1. The van der Waals surface area contributed by atoms with Gasteiger partial charge in [-0.2, -0.15) is 17.1 Å². The van der Waals surface area contributed by atoms with Gasteiger partial charge in [-0.1, -0.05) is 6.42 Å². The van der Waals surface area contributed by atoms with Crippen LogP contribution in [-0.2, 0) is 38.7 Å². The molecule has 1 aliphatic carbocycles. The van der Waals surface area contributed by atoms with E-state index in [0.29, 0.717) is 6.42 Å². The number of aliphatic carboxylic acids is 3. The molecule has 2 heterocycles. The Kier molecular flexibility index (Phi) is 7.57. The van der Waals surface area contributed by atoms with E-state index in [4.69, 9.17) is 31.0 Å². The molecule has 35 heavy (non-hydrogen) atoms. The van der Waals surface area contributed by atoms with Gasteiger partial charge in [-0.25, -0.2) is 0 Å². The quantitative estimate of drug-likeness (QED) is 0.137. The van der Waals surface area contributed by atoms with Gasteiger partial charge in [-0.15, -0.1) is 0 Å². The lowest BCUT2D eigenvalue weighted by Crippen LogP contribution is -2.55. The number of rotatable bonds is 12. The van der Waals surface area contributed by atoms with E-state index < -0.39 is 77.6 Å². The Morgan fingerprint density at radius 1 is 1.23 bits per heavy atom. The second-order valence-corrected chi connectivity index (χ2v) is 10.8. The molecule has 2 unspecified atom stereocenters. The van der Waals surface area contributed by atoms with Gasteiger partial charge in [0, 0.05) is 37.2 Å². The molecule has 2 saturated heterocycles. The van der Waals surface area contributed by atoms with Crippen LogP contribution in [0.1, 0.15) is 32.1 Å². The van der Waals surface area contributed by atoms with E-state index in [1.807, 2.05) is 0 Å². The smallest absolute Gasteiger partial charge is 0.507 e. The first-order valence-electron chi connectivity index (χ1n) is 10.8. The second kappa shape index (κ2) is 9.81. The fraction of sp³-hybridized carbons (Fsp3) is 0.722. The SMILES string of the molecule is NC1CC1C=NS(=O)(=O)N1C[C@H](CCCB2OC(=O)C(CC(=O)O)(CC(=O)O)O2)[C@](N)(C(=O)O)C1. The maximum Gasteiger partial charge on any atom is 0.528 e. The summed E-state index contributed by atoms with van der Waals surface area (Å²) in [5.74, 6) is -6.35. The summed E-state index contributed by atoms with van der Waals surface area (Å²) in [6, 6.07) is -0.149. The molecule has 4 atom stereocenters. The summed E-state index contributed by atoms with van der Waals surface area (Å²) in [4.78, 5) is 46.3. The molecule has 0 amide bonds. The van der Waals surface area contributed by atoms with Crippen LogP contribution in [0.2, 0.25) is 6.32 Å². The minimum atomic E-state index is -4.16. The van der Waals surface area contributed by atoms with Crippen molar-refractivity contribution < 1.29 is 52.2 Å². The molecule has 0 radical (unpaired) electrons. The first kappa shape index (κ1) is 27.0. The fourth-order valence-corrected chi connectivity index (χ4v) is 5.46. The third-order valence-corrected chi connectivity index (χ3v) is 7.74. The van der Waals surface area contributed by atoms with Crippen LogP contribution in [0.25, 0.3) is 0 Å². The maximum atomic E-state index is 12.6. The third-order valence-electron chi connectivity index (χ3n) is 6.43. The van der Waals surface area contributed by atoms with Crippen molar-refractivity contribution in [2.75, 3.05) is 13.1 Å². The third kappa shape index (κ3) is 5.98. The van der Waals surface area contributed by atoms with Crippen LogP contribution >= 0.6 is 0 Å². The minimum Gasteiger partial charge on any atom is -0.507 e. The predicted molar refractivity (Wildman–Crippen MR) is 117 cm³/mol. The number of hydrogen-bond acceptors (Lipinski definition) is 10. The number of nitrogens with two attached hydrogens (primary N) is 2. The average Bonchev–Trinajstić information content (AvgIpc) is 3.20. The summed E-state index contributed by atoms with van der Waals surface area (Å²) >= 11 is 0. The number of carbonyl (C=O) groups is 4. The van der Waals surface area contributed by atoms with E-state index in [0.717, 1.165) is 4.31 Å². The average molecular weight is 518 g/mol. The van der Waals surface area contributed by atoms with Crippen molar-refractivity contribution in [3.8, 4) is 0 Å². The molecule has 0 aromatic rings. The minimum absolute atomic E-state index is 0.0105. The molecule has 0 bridgehead atoms. The molecule has 0 aromatic heterocycles. The Balaban J connectivity index is 1.62. The van der Waals surface area contributed by atoms with Gasteiger partial charge in [0.15, 0.2) is 5.60 Å². The molecule has 3 fully saturated rings. The summed E-state index contributed by atoms with van der Waals surface area (Å²) < 4.78 is 40.0. The van der Waals surface area contributed by atoms with E-state index in [1.54, 1.807) is 0 Å². The molecule has 0 aromatic carbocycles. The molecular formula is C18H27BN4O11S. The zero-order valence-corrected chi connectivity index (χ0v) is 19.4. The van der Waals surface area contributed by atoms with E-state index in [1.165, 1.54) is 6.21 Å². The van der Waals surface area contributed by atoms with Crippen LogP contribution in [0.15, 0.2) is 4.40 Å². The number of carbonyl (C=O) groups excluding carboxylic acids is 1. The van der Waals surface area contributed by atoms with Gasteiger partial charge in [0.1, 0.15) is 5.54 Å². The van der Waals surface area contributed by atoms with Crippen LogP contribution < -0.4 is 11.5 Å². The lowest BCUT2D eigenvalue weighted by Gasteiger charge is -2.25. The highest BCUT2D eigenvalue weighted by molar-refractivity contribution is 7.87. The number of nitrogens with zero attached hydrogens (tertiary/aromatic N) is 2. The Bertz CT molecular complexity index is 1020. The van der Waals surface area contributed by atoms with Crippen LogP contribution in [-0.4, -0.2) is 95.5 Å². The molecular weight excluding hydrogens is 491 g/mol. The van der Waals surface area contributed by atoms with E-state index in [-0.39, 0.29) is 37.7 Å². The monoisotopic (exact) mass is 518 g/mol. The van der Waals surface area contributed by atoms with Crippen molar-refractivity contribution in [3.63, 3.8) is 0 Å². The normalized spacial score (nSPS) is 30.5. The molecule has 1 saturated carbocycles. The van der Waals surface area contributed by atoms with Crippen molar-refractivity contribution >= 4 is 47.4 Å². The lowest BCUT2D eigenvalue weighted by molar-refractivity contribution is -0.157. The van der Waals surface area contributed by atoms with Gasteiger partial charge in [0.05, 0.1) is 12.8 Å². The molecule has 3 rings (SSSR count). The molecule has 194 valence electrons. The van der Waals surface area contributed by atoms with E-state index in [9.17, 15) is 32.7 Å². The van der Waals surface area contributed by atoms with Crippen LogP contribution in [0.3, 0.4) is 0 Å². The predicted octanol–water partition coefficient (Wildman–Crippen LogP) is -2.11. The number of carboxylic acid groups (broad SMARTS) is 3. The van der Waals surface area contributed by atoms with Gasteiger partial charge >= 0.3 is 41.2 Å². The lowest BCUT2D eigenvalue weighted by atomic mass is 9.78. The zero-order valence-electron chi connectivity index (χ0n) is 18.6. The molecule has 0 spiro atoms. The Labute approximate surface area is 200 Å². The summed E-state index contributed by atoms with van der Waals surface area (Å²) in [5.41, 5.74) is 7.65. The zero-order chi connectivity index (χ0) is 26.2. The fourth-order valence-electron chi connectivity index (χ4n) is 4.27. The second-order valence-electron chi connectivity index (χ2n) is 9.15. The van der Waals surface area contributed by atoms with Crippen molar-refractivity contribution in [3.05, 3.63) is 0 Å². The van der Waals surface area contributed by atoms with Gasteiger partial charge in [0.25, 0.3) is 0 Å². The first-order chi connectivity index (χ1) is 16.2. The molecule has 2 aliphatic heterocycles.